The molecule has 9 heteroatoms. The molecule has 1 aliphatic carbocycles. The van der Waals surface area contributed by atoms with Crippen LogP contribution < -0.4 is 4.74 Å². The van der Waals surface area contributed by atoms with Gasteiger partial charge in [-0.05, 0) is 37.1 Å². The number of hydrogen-bond donors (Lipinski definition) is 4. The van der Waals surface area contributed by atoms with Crippen LogP contribution in [0.1, 0.15) is 26.2 Å². The van der Waals surface area contributed by atoms with E-state index in [1.165, 1.54) is 6.07 Å². The molecule has 1 fully saturated rings. The number of carboxylic acid groups (broad SMARTS) is 1. The third kappa shape index (κ3) is 5.61. The normalized spacial score (nSPS) is 26.3. The average Bonchev–Trinajstić information content (AvgIpc) is 2.90. The lowest BCUT2D eigenvalue weighted by molar-refractivity contribution is -0.144. The number of rotatable bonds is 7. The molecule has 27 heavy (non-hydrogen) atoms. The van der Waals surface area contributed by atoms with Crippen LogP contribution in [0.4, 0.5) is 13.2 Å². The lowest BCUT2D eigenvalue weighted by Gasteiger charge is -2.21. The molecule has 0 aliphatic heterocycles. The molecular weight excluding hydrogens is 369 g/mol. The van der Waals surface area contributed by atoms with Gasteiger partial charge >= 0.3 is 12.1 Å². The first-order chi connectivity index (χ1) is 13.0. The molecule has 1 aromatic carbocycles. The maximum Gasteiger partial charge on any atom is 0.416 e. The van der Waals surface area contributed by atoms with Gasteiger partial charge in [-0.15, -0.1) is 0 Å². The minimum atomic E-state index is -4.54. The van der Waals surface area contributed by atoms with E-state index in [1.807, 2.05) is 0 Å². The molecule has 1 aliphatic rings. The summed E-state index contributed by atoms with van der Waals surface area (Å²) in [6.07, 6.45) is -6.92. The third-order valence-electron chi connectivity index (χ3n) is 4.36. The minimum absolute atomic E-state index is 0.00924. The number of carbonyl (C=O) groups is 1. The van der Waals surface area contributed by atoms with Crippen molar-refractivity contribution in [2.75, 3.05) is 6.61 Å². The lowest BCUT2D eigenvalue weighted by Crippen LogP contribution is -2.30. The third-order valence-corrected chi connectivity index (χ3v) is 4.36. The molecule has 5 atom stereocenters. The monoisotopic (exact) mass is 391 g/mol. The highest BCUT2D eigenvalue weighted by Crippen LogP contribution is 2.35. The molecule has 0 radical (unpaired) electrons. The summed E-state index contributed by atoms with van der Waals surface area (Å²) in [5.74, 6) is -4.63. The Morgan fingerprint density at radius 3 is 2.59 bits per heavy atom. The number of aliphatic carboxylic acids is 1. The summed E-state index contributed by atoms with van der Waals surface area (Å²) < 4.78 is 51.0. The first-order valence-electron chi connectivity index (χ1n) is 8.78. The number of hydrogen-bond acceptors (Lipinski definition) is 5. The Labute approximate surface area is 154 Å². The topological polar surface area (TPSA) is 107 Å². The van der Waals surface area contributed by atoms with Crippen LogP contribution in [0, 0.1) is 11.8 Å². The molecule has 0 unspecified atom stereocenters. The fourth-order valence-corrected chi connectivity index (χ4v) is 3.09. The molecule has 0 heterocycles. The van der Waals surface area contributed by atoms with Crippen LogP contribution >= 0.6 is 0 Å². The van der Waals surface area contributed by atoms with Gasteiger partial charge in [-0.1, -0.05) is 6.07 Å². The van der Waals surface area contributed by atoms with E-state index in [-0.39, 0.29) is 18.6 Å². The van der Waals surface area contributed by atoms with Crippen molar-refractivity contribution in [3.63, 3.8) is 0 Å². The van der Waals surface area contributed by atoms with Gasteiger partial charge in [0.05, 0.1) is 24.4 Å². The molecule has 1 saturated carbocycles. The molecular formula is C18H21F3O6. The van der Waals surface area contributed by atoms with Gasteiger partial charge < -0.3 is 25.2 Å². The predicted molar refractivity (Wildman–Crippen MR) is 88.1 cm³/mol. The number of ether oxygens (including phenoxy) is 1. The van der Waals surface area contributed by atoms with Crippen LogP contribution in [0.15, 0.2) is 36.1 Å². The lowest BCUT2D eigenvalue weighted by atomic mass is 9.87. The summed E-state index contributed by atoms with van der Waals surface area (Å²) in [7, 11) is 0. The highest BCUT2D eigenvalue weighted by atomic mass is 19.4. The van der Waals surface area contributed by atoms with Crippen molar-refractivity contribution in [3.8, 4) is 5.75 Å². The van der Waals surface area contributed by atoms with E-state index >= 15 is 0 Å². The van der Waals surface area contributed by atoms with E-state index in [9.17, 15) is 38.4 Å². The Hall–Kier alpha value is -2.26. The molecule has 0 amide bonds. The Morgan fingerprint density at radius 1 is 1.33 bits per heavy atom. The number of carboxylic acids is 1. The van der Waals surface area contributed by atoms with Crippen LogP contribution in [-0.2, 0) is 11.0 Å². The minimum Gasteiger partial charge on any atom is -0.512 e. The molecule has 0 saturated heterocycles. The SMILES string of the molecule is [2H][C@@H](C=C(O)[C@H](C(=O)O)[C@@H]1C[C@@H](O)C[C@H]1O)COc1cccc(C(F)(F)F)c1. The van der Waals surface area contributed by atoms with E-state index in [4.69, 9.17) is 6.11 Å². The number of aliphatic hydroxyl groups excluding tert-OH is 3. The molecule has 2 rings (SSSR count). The van der Waals surface area contributed by atoms with E-state index in [0.29, 0.717) is 0 Å². The Balaban J connectivity index is 2.04. The van der Waals surface area contributed by atoms with E-state index < -0.39 is 60.5 Å². The Kier molecular flexibility index (Phi) is 6.22. The first kappa shape index (κ1) is 19.5. The average molecular weight is 391 g/mol. The van der Waals surface area contributed by atoms with Crippen LogP contribution in [0.25, 0.3) is 0 Å². The van der Waals surface area contributed by atoms with Crippen LogP contribution in [0.3, 0.4) is 0 Å². The van der Waals surface area contributed by atoms with Gasteiger partial charge in [0, 0.05) is 13.7 Å². The second kappa shape index (κ2) is 8.62. The zero-order valence-electron chi connectivity index (χ0n) is 15.1. The summed E-state index contributed by atoms with van der Waals surface area (Å²) >= 11 is 0. The molecule has 150 valence electrons. The zero-order valence-corrected chi connectivity index (χ0v) is 14.1. The maximum atomic E-state index is 12.7. The first-order valence-corrected chi connectivity index (χ1v) is 8.21. The number of alkyl halides is 3. The Morgan fingerprint density at radius 2 is 2.04 bits per heavy atom. The van der Waals surface area contributed by atoms with Crippen molar-refractivity contribution < 1.29 is 44.5 Å². The van der Waals surface area contributed by atoms with Gasteiger partial charge in [-0.25, -0.2) is 0 Å². The number of benzene rings is 1. The highest BCUT2D eigenvalue weighted by Gasteiger charge is 2.42. The van der Waals surface area contributed by atoms with Gasteiger partial charge in [0.1, 0.15) is 17.4 Å². The quantitative estimate of drug-likeness (QED) is 0.533. The van der Waals surface area contributed by atoms with Crippen molar-refractivity contribution in [2.45, 2.75) is 37.6 Å². The zero-order chi connectivity index (χ0) is 21.1. The molecule has 4 N–H and O–H groups in total. The predicted octanol–water partition coefficient (Wildman–Crippen LogP) is 2.75. The smallest absolute Gasteiger partial charge is 0.416 e. The van der Waals surface area contributed by atoms with E-state index in [0.717, 1.165) is 24.3 Å². The van der Waals surface area contributed by atoms with E-state index in [1.54, 1.807) is 0 Å². The number of halogens is 3. The summed E-state index contributed by atoms with van der Waals surface area (Å²) in [5.41, 5.74) is -0.912. The largest absolute Gasteiger partial charge is 0.512 e. The highest BCUT2D eigenvalue weighted by molar-refractivity contribution is 5.73. The van der Waals surface area contributed by atoms with Gasteiger partial charge in [-0.2, -0.15) is 13.2 Å². The van der Waals surface area contributed by atoms with Gasteiger partial charge in [0.15, 0.2) is 0 Å². The van der Waals surface area contributed by atoms with Gasteiger partial charge in [0.25, 0.3) is 0 Å². The fraction of sp³-hybridized carbons (Fsp3) is 0.500. The second-order valence-corrected chi connectivity index (χ2v) is 6.34. The van der Waals surface area contributed by atoms with Gasteiger partial charge in [-0.3, -0.25) is 4.79 Å². The number of aliphatic hydroxyl groups is 3. The van der Waals surface area contributed by atoms with Gasteiger partial charge in [0.2, 0.25) is 0 Å². The van der Waals surface area contributed by atoms with Crippen molar-refractivity contribution in [1.82, 2.24) is 0 Å². The maximum absolute atomic E-state index is 12.7. The molecule has 1 aromatic rings. The Bertz CT molecular complexity index is 724. The fourth-order valence-electron chi connectivity index (χ4n) is 3.09. The second-order valence-electron chi connectivity index (χ2n) is 6.34. The van der Waals surface area contributed by atoms with E-state index in [2.05, 4.69) is 0 Å². The van der Waals surface area contributed by atoms with Crippen molar-refractivity contribution in [2.24, 2.45) is 11.8 Å². The van der Waals surface area contributed by atoms with Crippen LogP contribution in [0.2, 0.25) is 0 Å². The summed E-state index contributed by atoms with van der Waals surface area (Å²) in [6.45, 7) is -0.423. The molecule has 6 nitrogen and oxygen atoms in total. The van der Waals surface area contributed by atoms with Crippen molar-refractivity contribution in [1.29, 1.82) is 0 Å². The standard InChI is InChI=1S/C18H21F3O6/c19-18(20,21)10-3-1-4-12(7-10)27-6-2-5-14(23)16(17(25)26)13-8-11(22)9-15(13)24/h1,3-5,7,11,13,15-16,22-24H,2,6,8-9H2,(H,25,26)/t11-,13-,15-,16-/m1/s1/i2D/t2-,11+,13+,15+,16+/m0. The van der Waals surface area contributed by atoms with Crippen LogP contribution in [0.5, 0.6) is 5.75 Å². The molecule has 0 aromatic heterocycles. The molecule has 0 spiro atoms. The van der Waals surface area contributed by atoms with Crippen molar-refractivity contribution >= 4 is 5.97 Å². The molecule has 0 bridgehead atoms. The van der Waals surface area contributed by atoms with Crippen LogP contribution in [-0.4, -0.2) is 45.2 Å². The van der Waals surface area contributed by atoms with Crippen molar-refractivity contribution in [3.05, 3.63) is 41.7 Å². The summed E-state index contributed by atoms with van der Waals surface area (Å²) in [4.78, 5) is 11.5. The summed E-state index contributed by atoms with van der Waals surface area (Å²) in [6, 6.07) is 4.07. The summed E-state index contributed by atoms with van der Waals surface area (Å²) in [5, 5.41) is 38.9.